The topological polar surface area (TPSA) is 58.9 Å². The summed E-state index contributed by atoms with van der Waals surface area (Å²) in [6, 6.07) is 5.74. The Morgan fingerprint density at radius 1 is 1.31 bits per heavy atom. The molecular weight excluding hydrogens is 215 g/mol. The molecule has 1 aromatic carbocycles. The van der Waals surface area contributed by atoms with E-state index in [-0.39, 0.29) is 19.0 Å². The lowest BCUT2D eigenvalue weighted by Crippen LogP contribution is -2.25. The normalized spacial score (nSPS) is 14.8. The maximum atomic E-state index is 13.3. The molecule has 2 atom stereocenters. The van der Waals surface area contributed by atoms with E-state index in [9.17, 15) is 14.6 Å². The summed E-state index contributed by atoms with van der Waals surface area (Å²) in [4.78, 5) is 0. The van der Waals surface area contributed by atoms with Crippen molar-refractivity contribution in [1.29, 1.82) is 0 Å². The number of hydrogen-bond donors (Lipinski definition) is 2. The van der Waals surface area contributed by atoms with Gasteiger partial charge >= 0.3 is 0 Å². The van der Waals surface area contributed by atoms with Crippen LogP contribution in [0.1, 0.15) is 11.7 Å². The number of benzene rings is 1. The number of ether oxygens (including phenoxy) is 2. The van der Waals surface area contributed by atoms with Gasteiger partial charge in [0.15, 0.2) is 0 Å². The molecule has 1 rings (SSSR count). The van der Waals surface area contributed by atoms with E-state index < -0.39 is 18.0 Å². The van der Waals surface area contributed by atoms with Gasteiger partial charge in [0.1, 0.15) is 24.8 Å². The van der Waals surface area contributed by atoms with Crippen LogP contribution in [0, 0.1) is 5.82 Å². The fourth-order valence-corrected chi connectivity index (χ4v) is 1.27. The maximum Gasteiger partial charge on any atom is 0.146 e. The van der Waals surface area contributed by atoms with Crippen molar-refractivity contribution in [1.82, 2.24) is 0 Å². The van der Waals surface area contributed by atoms with Gasteiger partial charge in [0, 0.05) is 12.7 Å². The Hall–Kier alpha value is -1.01. The molecule has 0 aromatic heterocycles. The summed E-state index contributed by atoms with van der Waals surface area (Å²) >= 11 is 0. The van der Waals surface area contributed by atoms with Gasteiger partial charge in [-0.3, -0.25) is 0 Å². The summed E-state index contributed by atoms with van der Waals surface area (Å²) in [5.41, 5.74) is 0.0519. The highest BCUT2D eigenvalue weighted by molar-refractivity contribution is 5.20. The van der Waals surface area contributed by atoms with Crippen LogP contribution in [0.2, 0.25) is 0 Å². The van der Waals surface area contributed by atoms with Crippen LogP contribution in [0.4, 0.5) is 4.39 Å². The molecule has 90 valence electrons. The first-order chi connectivity index (χ1) is 7.66. The van der Waals surface area contributed by atoms with Crippen molar-refractivity contribution >= 4 is 0 Å². The summed E-state index contributed by atoms with van der Waals surface area (Å²) in [6.45, 7) is -0.107. The highest BCUT2D eigenvalue weighted by atomic mass is 19.1. The summed E-state index contributed by atoms with van der Waals surface area (Å²) in [5, 5.41) is 19.2. The van der Waals surface area contributed by atoms with Crippen LogP contribution in [0.25, 0.3) is 0 Å². The Bertz CT molecular complexity index is 319. The van der Waals surface area contributed by atoms with E-state index in [0.29, 0.717) is 0 Å². The van der Waals surface area contributed by atoms with Gasteiger partial charge in [-0.1, -0.05) is 18.2 Å². The van der Waals surface area contributed by atoms with Crippen LogP contribution in [-0.4, -0.2) is 36.8 Å². The van der Waals surface area contributed by atoms with Crippen molar-refractivity contribution in [3.8, 4) is 0 Å². The number of methoxy groups -OCH3 is 1. The minimum atomic E-state index is -1.31. The van der Waals surface area contributed by atoms with Crippen molar-refractivity contribution in [3.05, 3.63) is 35.6 Å². The van der Waals surface area contributed by atoms with Crippen LogP contribution in [-0.2, 0) is 9.47 Å². The molecule has 5 heteroatoms. The molecule has 0 saturated carbocycles. The molecule has 0 radical (unpaired) electrons. The number of rotatable bonds is 6. The minimum absolute atomic E-state index is 0.0149. The fraction of sp³-hybridized carbons (Fsp3) is 0.455. The van der Waals surface area contributed by atoms with E-state index in [1.165, 1.54) is 25.3 Å². The Morgan fingerprint density at radius 3 is 2.62 bits per heavy atom. The maximum absolute atomic E-state index is 13.3. The third-order valence-corrected chi connectivity index (χ3v) is 2.08. The summed E-state index contributed by atoms with van der Waals surface area (Å²) in [5.74, 6) is -0.555. The lowest BCUT2D eigenvalue weighted by Gasteiger charge is -2.18. The first-order valence-corrected chi connectivity index (χ1v) is 4.84. The molecular formula is C11H15FO4. The van der Waals surface area contributed by atoms with Crippen molar-refractivity contribution in [3.63, 3.8) is 0 Å². The van der Waals surface area contributed by atoms with Crippen LogP contribution in [0.5, 0.6) is 0 Å². The second-order valence-corrected chi connectivity index (χ2v) is 3.31. The van der Waals surface area contributed by atoms with Gasteiger partial charge in [-0.25, -0.2) is 4.39 Å². The zero-order valence-electron chi connectivity index (χ0n) is 8.97. The van der Waals surface area contributed by atoms with Crippen LogP contribution >= 0.6 is 0 Å². The predicted molar refractivity (Wildman–Crippen MR) is 55.2 cm³/mol. The molecule has 0 heterocycles. The Kier molecular flexibility index (Phi) is 5.34. The molecule has 0 unspecified atom stereocenters. The number of halogens is 1. The third kappa shape index (κ3) is 3.53. The molecule has 0 aliphatic rings. The second kappa shape index (κ2) is 6.55. The zero-order chi connectivity index (χ0) is 12.0. The van der Waals surface area contributed by atoms with E-state index in [1.54, 1.807) is 6.07 Å². The molecule has 16 heavy (non-hydrogen) atoms. The molecule has 0 saturated heterocycles. The average molecular weight is 230 g/mol. The van der Waals surface area contributed by atoms with Gasteiger partial charge in [-0.05, 0) is 6.07 Å². The molecule has 0 fully saturated rings. The molecule has 0 aliphatic heterocycles. The first-order valence-electron chi connectivity index (χ1n) is 4.84. The lowest BCUT2D eigenvalue weighted by atomic mass is 10.0. The first kappa shape index (κ1) is 13.1. The second-order valence-electron chi connectivity index (χ2n) is 3.31. The van der Waals surface area contributed by atoms with Gasteiger partial charge in [-0.15, -0.1) is 0 Å². The fourth-order valence-electron chi connectivity index (χ4n) is 1.27. The Labute approximate surface area is 93.2 Å². The van der Waals surface area contributed by atoms with Crippen molar-refractivity contribution < 1.29 is 24.1 Å². The van der Waals surface area contributed by atoms with Crippen molar-refractivity contribution in [2.75, 3.05) is 20.5 Å². The van der Waals surface area contributed by atoms with Crippen LogP contribution in [0.15, 0.2) is 24.3 Å². The molecule has 0 bridgehead atoms. The van der Waals surface area contributed by atoms with E-state index in [2.05, 4.69) is 4.74 Å². The predicted octanol–water partition coefficient (Wildman–Crippen LogP) is 0.841. The summed E-state index contributed by atoms with van der Waals surface area (Å²) < 4.78 is 22.7. The molecule has 2 N–H and O–H groups in total. The molecule has 0 amide bonds. The highest BCUT2D eigenvalue weighted by Gasteiger charge is 2.21. The lowest BCUT2D eigenvalue weighted by molar-refractivity contribution is -0.0905. The number of aliphatic hydroxyl groups excluding tert-OH is 2. The SMILES string of the molecule is COCOC[C@H](O)[C@@H](O)c1ccccc1F. The molecule has 0 aliphatic carbocycles. The Balaban J connectivity index is 2.56. The van der Waals surface area contributed by atoms with Crippen LogP contribution < -0.4 is 0 Å². The molecule has 0 spiro atoms. The average Bonchev–Trinajstić information content (AvgIpc) is 2.29. The van der Waals surface area contributed by atoms with Gasteiger partial charge in [0.2, 0.25) is 0 Å². The van der Waals surface area contributed by atoms with Gasteiger partial charge < -0.3 is 19.7 Å². The monoisotopic (exact) mass is 230 g/mol. The number of aliphatic hydroxyl groups is 2. The van der Waals surface area contributed by atoms with Gasteiger partial charge in [0.25, 0.3) is 0 Å². The highest BCUT2D eigenvalue weighted by Crippen LogP contribution is 2.19. The van der Waals surface area contributed by atoms with Crippen molar-refractivity contribution in [2.24, 2.45) is 0 Å². The van der Waals surface area contributed by atoms with Crippen molar-refractivity contribution in [2.45, 2.75) is 12.2 Å². The number of hydrogen-bond acceptors (Lipinski definition) is 4. The molecule has 1 aromatic rings. The van der Waals surface area contributed by atoms with E-state index >= 15 is 0 Å². The smallest absolute Gasteiger partial charge is 0.146 e. The minimum Gasteiger partial charge on any atom is -0.388 e. The third-order valence-electron chi connectivity index (χ3n) is 2.08. The molecule has 4 nitrogen and oxygen atoms in total. The van der Waals surface area contributed by atoms with E-state index in [0.717, 1.165) is 0 Å². The summed E-state index contributed by atoms with van der Waals surface area (Å²) in [7, 11) is 1.44. The summed E-state index contributed by atoms with van der Waals surface area (Å²) in [6.07, 6.45) is -2.50. The van der Waals surface area contributed by atoms with E-state index in [4.69, 9.17) is 4.74 Å². The standard InChI is InChI=1S/C11H15FO4/c1-15-7-16-6-10(13)11(14)8-4-2-3-5-9(8)12/h2-5,10-11,13-14H,6-7H2,1H3/t10-,11-/m0/s1. The van der Waals surface area contributed by atoms with Crippen LogP contribution in [0.3, 0.4) is 0 Å². The van der Waals surface area contributed by atoms with Gasteiger partial charge in [0.05, 0.1) is 6.61 Å². The largest absolute Gasteiger partial charge is 0.388 e. The van der Waals surface area contributed by atoms with E-state index in [1.807, 2.05) is 0 Å². The zero-order valence-corrected chi connectivity index (χ0v) is 8.97. The Morgan fingerprint density at radius 2 is 2.00 bits per heavy atom. The van der Waals surface area contributed by atoms with Gasteiger partial charge in [-0.2, -0.15) is 0 Å². The quantitative estimate of drug-likeness (QED) is 0.561.